The summed E-state index contributed by atoms with van der Waals surface area (Å²) in [4.78, 5) is 32.3. The molecular formula is C18H28N4O4S. The van der Waals surface area contributed by atoms with Crippen LogP contribution in [0.4, 0.5) is 9.59 Å². The Bertz CT molecular complexity index is 739. The van der Waals surface area contributed by atoms with E-state index in [9.17, 15) is 9.59 Å². The van der Waals surface area contributed by atoms with Crippen molar-refractivity contribution in [1.29, 1.82) is 0 Å². The molecule has 0 N–H and O–H groups in total. The molecule has 0 unspecified atom stereocenters. The van der Waals surface area contributed by atoms with Crippen LogP contribution >= 0.6 is 11.3 Å². The molecule has 9 heteroatoms. The van der Waals surface area contributed by atoms with E-state index in [2.05, 4.69) is 16.5 Å². The first-order chi connectivity index (χ1) is 12.7. The smallest absolute Gasteiger partial charge is 0.436 e. The van der Waals surface area contributed by atoms with Gasteiger partial charge >= 0.3 is 12.2 Å². The highest BCUT2D eigenvalue weighted by Crippen LogP contribution is 2.13. The molecule has 1 fully saturated rings. The maximum absolute atomic E-state index is 12.1. The van der Waals surface area contributed by atoms with E-state index in [1.165, 1.54) is 17.4 Å². The molecule has 2 heterocycles. The Morgan fingerprint density at radius 1 is 1.30 bits per heavy atom. The topological polar surface area (TPSA) is 76.4 Å². The van der Waals surface area contributed by atoms with Crippen LogP contribution in [0.5, 0.6) is 0 Å². The Hall–Kier alpha value is -2.13. The van der Waals surface area contributed by atoms with Gasteiger partial charge in [-0.1, -0.05) is 12.7 Å². The van der Waals surface area contributed by atoms with Crippen LogP contribution in [0.2, 0.25) is 0 Å². The lowest BCUT2D eigenvalue weighted by Crippen LogP contribution is -2.49. The number of carbonyl (C=O) groups excluding carboxylic acids is 2. The normalized spacial score (nSPS) is 16.3. The molecule has 8 nitrogen and oxygen atoms in total. The van der Waals surface area contributed by atoms with Crippen LogP contribution in [0.25, 0.3) is 0 Å². The van der Waals surface area contributed by atoms with Gasteiger partial charge in [-0.05, 0) is 20.8 Å². The van der Waals surface area contributed by atoms with Crippen molar-refractivity contribution in [3.63, 3.8) is 0 Å². The summed E-state index contributed by atoms with van der Waals surface area (Å²) in [6.07, 6.45) is 0.622. The van der Waals surface area contributed by atoms with Crippen molar-refractivity contribution in [3.05, 3.63) is 28.5 Å². The van der Waals surface area contributed by atoms with Crippen LogP contribution in [-0.4, -0.2) is 64.9 Å². The number of thiazole rings is 1. The van der Waals surface area contributed by atoms with E-state index in [0.29, 0.717) is 17.9 Å². The molecule has 1 saturated heterocycles. The minimum Gasteiger partial charge on any atom is -0.444 e. The van der Waals surface area contributed by atoms with E-state index in [1.54, 1.807) is 4.90 Å². The summed E-state index contributed by atoms with van der Waals surface area (Å²) in [5.74, 6) is 0. The van der Waals surface area contributed by atoms with E-state index in [4.69, 9.17) is 9.47 Å². The maximum atomic E-state index is 12.1. The standard InChI is InChI=1S/C18H28N4O4S/c1-6-11-25-16(23)19-15-20(5)14(13-27-15)12-21-7-9-22(10-8-21)17(24)26-18(2,3)4/h6,13H,1,7-12H2,2-5H3/b19-15-. The molecule has 0 bridgehead atoms. The van der Waals surface area contributed by atoms with E-state index in [1.807, 2.05) is 37.8 Å². The second-order valence-corrected chi connectivity index (χ2v) is 8.13. The molecule has 0 aliphatic carbocycles. The van der Waals surface area contributed by atoms with Gasteiger partial charge in [0.05, 0.1) is 0 Å². The summed E-state index contributed by atoms with van der Waals surface area (Å²) in [6.45, 7) is 12.8. The second-order valence-electron chi connectivity index (χ2n) is 7.29. The molecule has 0 spiro atoms. The van der Waals surface area contributed by atoms with Gasteiger partial charge in [-0.3, -0.25) is 4.90 Å². The van der Waals surface area contributed by atoms with E-state index in [-0.39, 0.29) is 12.7 Å². The molecule has 27 heavy (non-hydrogen) atoms. The van der Waals surface area contributed by atoms with Crippen molar-refractivity contribution in [2.24, 2.45) is 12.0 Å². The van der Waals surface area contributed by atoms with Crippen LogP contribution in [0.15, 0.2) is 23.0 Å². The highest BCUT2D eigenvalue weighted by atomic mass is 32.1. The van der Waals surface area contributed by atoms with Crippen molar-refractivity contribution in [1.82, 2.24) is 14.4 Å². The lowest BCUT2D eigenvalue weighted by Gasteiger charge is -2.35. The average Bonchev–Trinajstić information content (AvgIpc) is 2.92. The number of hydrogen-bond acceptors (Lipinski definition) is 6. The van der Waals surface area contributed by atoms with Gasteiger partial charge in [0, 0.05) is 50.8 Å². The minimum atomic E-state index is -0.620. The number of rotatable bonds is 4. The van der Waals surface area contributed by atoms with Crippen LogP contribution in [0.1, 0.15) is 26.5 Å². The van der Waals surface area contributed by atoms with Crippen LogP contribution in [0.3, 0.4) is 0 Å². The predicted molar refractivity (Wildman–Crippen MR) is 103 cm³/mol. The van der Waals surface area contributed by atoms with E-state index >= 15 is 0 Å². The fourth-order valence-corrected chi connectivity index (χ4v) is 3.41. The minimum absolute atomic E-state index is 0.145. The highest BCUT2D eigenvalue weighted by Gasteiger charge is 2.26. The summed E-state index contributed by atoms with van der Waals surface area (Å²) in [5, 5.41) is 1.99. The molecule has 1 aromatic rings. The molecular weight excluding hydrogens is 368 g/mol. The lowest BCUT2D eigenvalue weighted by molar-refractivity contribution is 0.0137. The number of nitrogens with zero attached hydrogens (tertiary/aromatic N) is 4. The third kappa shape index (κ3) is 6.51. The summed E-state index contributed by atoms with van der Waals surface area (Å²) in [5.41, 5.74) is 0.576. The molecule has 1 aliphatic heterocycles. The largest absolute Gasteiger partial charge is 0.444 e. The molecule has 0 saturated carbocycles. The Kier molecular flexibility index (Phi) is 7.20. The molecule has 0 radical (unpaired) electrons. The molecule has 0 atom stereocenters. The Labute approximate surface area is 163 Å². The van der Waals surface area contributed by atoms with Crippen molar-refractivity contribution in [3.8, 4) is 0 Å². The summed E-state index contributed by atoms with van der Waals surface area (Å²) in [7, 11) is 1.88. The first kappa shape index (κ1) is 21.2. The zero-order valence-corrected chi connectivity index (χ0v) is 17.3. The number of aromatic nitrogens is 1. The first-order valence-corrected chi connectivity index (χ1v) is 9.73. The number of carbonyl (C=O) groups is 2. The second kappa shape index (κ2) is 9.18. The predicted octanol–water partition coefficient (Wildman–Crippen LogP) is 2.36. The SMILES string of the molecule is C=CCOC(=O)/N=c1\scc(CN2CCN(C(=O)OC(C)(C)C)CC2)n1C. The Balaban J connectivity index is 1.91. The van der Waals surface area contributed by atoms with Gasteiger partial charge in [0.25, 0.3) is 0 Å². The fraction of sp³-hybridized carbons (Fsp3) is 0.611. The molecule has 1 aliphatic rings. The third-order valence-electron chi connectivity index (χ3n) is 3.94. The van der Waals surface area contributed by atoms with Gasteiger partial charge in [-0.2, -0.15) is 0 Å². The van der Waals surface area contributed by atoms with Gasteiger partial charge in [0.15, 0.2) is 4.80 Å². The molecule has 2 amide bonds. The summed E-state index contributed by atoms with van der Waals surface area (Å²) < 4.78 is 12.2. The van der Waals surface area contributed by atoms with Crippen LogP contribution in [-0.2, 0) is 23.1 Å². The van der Waals surface area contributed by atoms with Gasteiger partial charge in [0.1, 0.15) is 12.2 Å². The summed E-state index contributed by atoms with van der Waals surface area (Å²) >= 11 is 1.40. The number of amides is 2. The van der Waals surface area contributed by atoms with Crippen molar-refractivity contribution in [2.75, 3.05) is 32.8 Å². The Morgan fingerprint density at radius 2 is 1.96 bits per heavy atom. The number of hydrogen-bond donors (Lipinski definition) is 0. The fourth-order valence-electron chi connectivity index (χ4n) is 2.53. The van der Waals surface area contributed by atoms with Gasteiger partial charge in [0.2, 0.25) is 0 Å². The van der Waals surface area contributed by atoms with Gasteiger partial charge in [-0.25, -0.2) is 9.59 Å². The zero-order chi connectivity index (χ0) is 20.0. The summed E-state index contributed by atoms with van der Waals surface area (Å²) in [6, 6.07) is 0. The average molecular weight is 397 g/mol. The molecule has 0 aromatic carbocycles. The zero-order valence-electron chi connectivity index (χ0n) is 16.4. The molecule has 1 aromatic heterocycles. The van der Waals surface area contributed by atoms with Crippen LogP contribution in [0, 0.1) is 0 Å². The van der Waals surface area contributed by atoms with Gasteiger partial charge < -0.3 is 18.9 Å². The Morgan fingerprint density at radius 3 is 2.56 bits per heavy atom. The van der Waals surface area contributed by atoms with Gasteiger partial charge in [-0.15, -0.1) is 16.3 Å². The number of piperazine rings is 1. The third-order valence-corrected chi connectivity index (χ3v) is 4.91. The van der Waals surface area contributed by atoms with E-state index in [0.717, 1.165) is 25.3 Å². The first-order valence-electron chi connectivity index (χ1n) is 8.85. The molecule has 150 valence electrons. The molecule has 2 rings (SSSR count). The van der Waals surface area contributed by atoms with Crippen molar-refractivity contribution in [2.45, 2.75) is 32.9 Å². The van der Waals surface area contributed by atoms with Crippen molar-refractivity contribution < 1.29 is 19.1 Å². The quantitative estimate of drug-likeness (QED) is 0.731. The van der Waals surface area contributed by atoms with E-state index < -0.39 is 11.7 Å². The van der Waals surface area contributed by atoms with Crippen molar-refractivity contribution >= 4 is 23.5 Å². The monoisotopic (exact) mass is 396 g/mol. The lowest BCUT2D eigenvalue weighted by atomic mass is 10.2. The van der Waals surface area contributed by atoms with Crippen LogP contribution < -0.4 is 4.80 Å². The highest BCUT2D eigenvalue weighted by molar-refractivity contribution is 7.07. The maximum Gasteiger partial charge on any atom is 0.436 e. The number of ether oxygens (including phenoxy) is 2.